The van der Waals surface area contributed by atoms with Crippen LogP contribution in [-0.2, 0) is 0 Å². The minimum Gasteiger partial charge on any atom is -0.317 e. The second-order valence-corrected chi connectivity index (χ2v) is 17.0. The number of benzene rings is 10. The predicted molar refractivity (Wildman–Crippen MR) is 284 cm³/mol. The quantitative estimate of drug-likeness (QED) is 0.118. The van der Waals surface area contributed by atoms with Crippen LogP contribution in [0.1, 0.15) is 22.3 Å². The lowest BCUT2D eigenvalue weighted by atomic mass is 9.92. The fraction of sp³-hybridized carbons (Fsp3) is 0.0154. The van der Waals surface area contributed by atoms with E-state index in [2.05, 4.69) is 290 Å². The van der Waals surface area contributed by atoms with Gasteiger partial charge in [-0.1, -0.05) is 200 Å². The van der Waals surface area contributed by atoms with Gasteiger partial charge in [0.2, 0.25) is 0 Å². The van der Waals surface area contributed by atoms with Crippen LogP contribution in [0.3, 0.4) is 0 Å². The smallest absolute Gasteiger partial charge is 0.0534 e. The van der Waals surface area contributed by atoms with Crippen molar-refractivity contribution in [1.82, 2.24) is 4.57 Å². The molecule has 0 aliphatic carbocycles. The van der Waals surface area contributed by atoms with Gasteiger partial charge in [0.05, 0.1) is 5.52 Å². The molecule has 2 heteroatoms. The molecule has 67 heavy (non-hydrogen) atoms. The average Bonchev–Trinajstić information content (AvgIpc) is 3.85. The third-order valence-electron chi connectivity index (χ3n) is 12.8. The van der Waals surface area contributed by atoms with Crippen molar-refractivity contribution in [3.8, 4) is 50.2 Å². The van der Waals surface area contributed by atoms with E-state index in [9.17, 15) is 0 Å². The molecule has 0 N–H and O–H groups in total. The Balaban J connectivity index is 0.836. The molecule has 1 heterocycles. The van der Waals surface area contributed by atoms with Crippen molar-refractivity contribution >= 4 is 39.6 Å². The molecule has 0 unspecified atom stereocenters. The largest absolute Gasteiger partial charge is 0.317 e. The Morgan fingerprint density at radius 1 is 0.373 bits per heavy atom. The molecular formula is C65H48N2. The molecule has 0 saturated carbocycles. The lowest BCUT2D eigenvalue weighted by molar-refractivity contribution is 1.13. The van der Waals surface area contributed by atoms with E-state index in [4.69, 9.17) is 0 Å². The zero-order valence-corrected chi connectivity index (χ0v) is 37.4. The van der Waals surface area contributed by atoms with Crippen molar-refractivity contribution in [3.05, 3.63) is 289 Å². The van der Waals surface area contributed by atoms with Crippen LogP contribution in [-0.4, -0.2) is 4.57 Å². The van der Waals surface area contributed by atoms with Gasteiger partial charge in [-0.05, 0) is 146 Å². The zero-order chi connectivity index (χ0) is 44.9. The molecule has 10 aromatic carbocycles. The van der Waals surface area contributed by atoms with Crippen LogP contribution in [0.2, 0.25) is 0 Å². The lowest BCUT2D eigenvalue weighted by Crippen LogP contribution is -2.09. The van der Waals surface area contributed by atoms with E-state index in [0.29, 0.717) is 0 Å². The molecule has 0 bridgehead atoms. The summed E-state index contributed by atoms with van der Waals surface area (Å²) >= 11 is 0. The lowest BCUT2D eigenvalue weighted by Gasteiger charge is -2.26. The molecule has 0 atom stereocenters. The number of aromatic nitrogens is 1. The van der Waals surface area contributed by atoms with Crippen molar-refractivity contribution in [3.63, 3.8) is 0 Å². The van der Waals surface area contributed by atoms with Gasteiger partial charge < -0.3 is 9.47 Å². The van der Waals surface area contributed by atoms with Crippen molar-refractivity contribution in [2.75, 3.05) is 4.90 Å². The summed E-state index contributed by atoms with van der Waals surface area (Å²) in [6.45, 7) is 2.22. The third kappa shape index (κ3) is 8.53. The van der Waals surface area contributed by atoms with E-state index in [0.717, 1.165) is 28.3 Å². The first-order valence-electron chi connectivity index (χ1n) is 23.0. The molecule has 0 saturated heterocycles. The number of aryl methyl sites for hydroxylation is 1. The van der Waals surface area contributed by atoms with Gasteiger partial charge in [-0.3, -0.25) is 0 Å². The highest BCUT2D eigenvalue weighted by atomic mass is 15.1. The van der Waals surface area contributed by atoms with Crippen LogP contribution in [0.15, 0.2) is 267 Å². The van der Waals surface area contributed by atoms with Crippen molar-refractivity contribution in [2.24, 2.45) is 0 Å². The molecule has 0 radical (unpaired) electrons. The summed E-state index contributed by atoms with van der Waals surface area (Å²) in [7, 11) is 0. The highest BCUT2D eigenvalue weighted by molar-refractivity contribution is 5.97. The molecule has 0 aliphatic heterocycles. The van der Waals surface area contributed by atoms with Gasteiger partial charge in [-0.25, -0.2) is 0 Å². The molecule has 2 nitrogen and oxygen atoms in total. The van der Waals surface area contributed by atoms with Gasteiger partial charge in [0.15, 0.2) is 0 Å². The molecule has 0 fully saturated rings. The van der Waals surface area contributed by atoms with Crippen LogP contribution in [0.25, 0.3) is 72.7 Å². The van der Waals surface area contributed by atoms with E-state index in [-0.39, 0.29) is 0 Å². The number of hydrogen-bond donors (Lipinski definition) is 0. The van der Waals surface area contributed by atoms with Crippen LogP contribution in [0.4, 0.5) is 17.1 Å². The summed E-state index contributed by atoms with van der Waals surface area (Å²) in [6, 6.07) is 93.8. The normalized spacial score (nSPS) is 11.4. The van der Waals surface area contributed by atoms with Gasteiger partial charge in [0, 0.05) is 34.3 Å². The first-order chi connectivity index (χ1) is 33.1. The first kappa shape index (κ1) is 41.0. The summed E-state index contributed by atoms with van der Waals surface area (Å²) in [4.78, 5) is 2.32. The van der Waals surface area contributed by atoms with Crippen LogP contribution < -0.4 is 4.90 Å². The molecule has 11 rings (SSSR count). The van der Waals surface area contributed by atoms with E-state index >= 15 is 0 Å². The van der Waals surface area contributed by atoms with E-state index in [1.54, 1.807) is 0 Å². The molecule has 1 aromatic heterocycles. The van der Waals surface area contributed by atoms with E-state index in [1.807, 2.05) is 0 Å². The van der Waals surface area contributed by atoms with Gasteiger partial charge in [0.1, 0.15) is 0 Å². The highest BCUT2D eigenvalue weighted by Crippen LogP contribution is 2.38. The number of hydrogen-bond acceptors (Lipinski definition) is 1. The Morgan fingerprint density at radius 2 is 0.866 bits per heavy atom. The fourth-order valence-corrected chi connectivity index (χ4v) is 9.37. The van der Waals surface area contributed by atoms with Crippen LogP contribution >= 0.6 is 0 Å². The number of nitrogens with zero attached hydrogens (tertiary/aromatic N) is 2. The Kier molecular flexibility index (Phi) is 11.3. The maximum atomic E-state index is 2.32. The Hall–Kier alpha value is -8.72. The fourth-order valence-electron chi connectivity index (χ4n) is 9.37. The van der Waals surface area contributed by atoms with Crippen LogP contribution in [0.5, 0.6) is 0 Å². The highest BCUT2D eigenvalue weighted by Gasteiger charge is 2.15. The van der Waals surface area contributed by atoms with E-state index in [1.165, 1.54) is 77.7 Å². The summed E-state index contributed by atoms with van der Waals surface area (Å²) in [5.74, 6) is 0. The van der Waals surface area contributed by atoms with Crippen LogP contribution in [0, 0.1) is 6.92 Å². The van der Waals surface area contributed by atoms with Crippen molar-refractivity contribution in [2.45, 2.75) is 6.92 Å². The van der Waals surface area contributed by atoms with Crippen molar-refractivity contribution < 1.29 is 0 Å². The molecule has 11 aromatic rings. The monoisotopic (exact) mass is 856 g/mol. The topological polar surface area (TPSA) is 8.17 Å². The molecule has 0 amide bonds. The third-order valence-corrected chi connectivity index (χ3v) is 12.8. The maximum absolute atomic E-state index is 2.32. The van der Waals surface area contributed by atoms with Gasteiger partial charge in [-0.2, -0.15) is 0 Å². The Morgan fingerprint density at radius 3 is 1.51 bits per heavy atom. The predicted octanol–water partition coefficient (Wildman–Crippen LogP) is 17.7. The summed E-state index contributed by atoms with van der Waals surface area (Å²) < 4.78 is 2.26. The standard InChI is InChI=1S/C65H48N2/c1-47-45-56(51-35-40-60(41-36-51)67(58-21-12-5-13-22-58)59-38-33-50(34-39-59)49-15-6-2-7-16-49)37-42-61(47)53-27-25-48(26-28-53)46-64(52-17-8-3-9-18-52)55-31-29-54(30-32-55)62-23-14-24-65-63(62)43-44-66(65)57-19-10-4-11-20-57/h2-46H,1H3/b64-46+. The summed E-state index contributed by atoms with van der Waals surface area (Å²) in [6.07, 6.45) is 4.48. The Labute approximate surface area is 393 Å². The molecule has 0 spiro atoms. The number of rotatable bonds is 11. The zero-order valence-electron chi connectivity index (χ0n) is 37.4. The van der Waals surface area contributed by atoms with Gasteiger partial charge in [0.25, 0.3) is 0 Å². The molecule has 0 aliphatic rings. The molecular weight excluding hydrogens is 809 g/mol. The van der Waals surface area contributed by atoms with Crippen molar-refractivity contribution in [1.29, 1.82) is 0 Å². The first-order valence-corrected chi connectivity index (χ1v) is 23.0. The average molecular weight is 857 g/mol. The Bertz CT molecular complexity index is 3440. The molecule has 318 valence electrons. The number of anilines is 3. The summed E-state index contributed by atoms with van der Waals surface area (Å²) in [5.41, 5.74) is 21.3. The van der Waals surface area contributed by atoms with Gasteiger partial charge in [-0.15, -0.1) is 0 Å². The number of fused-ring (bicyclic) bond motifs is 1. The minimum atomic E-state index is 1.11. The minimum absolute atomic E-state index is 1.11. The number of para-hydroxylation sites is 2. The summed E-state index contributed by atoms with van der Waals surface area (Å²) in [5, 5.41) is 1.24. The SMILES string of the molecule is Cc1cc(-c2ccc(N(c3ccccc3)c3ccc(-c4ccccc4)cc3)cc2)ccc1-c1ccc(/C=C(\c2ccccc2)c2ccc(-c3cccc4c3ccn4-c3ccccc3)cc2)cc1. The van der Waals surface area contributed by atoms with Gasteiger partial charge >= 0.3 is 0 Å². The second-order valence-electron chi connectivity index (χ2n) is 17.0. The maximum Gasteiger partial charge on any atom is 0.0534 e. The second kappa shape index (κ2) is 18.4. The van der Waals surface area contributed by atoms with E-state index < -0.39 is 0 Å².